The molecule has 1 aromatic rings. The van der Waals surface area contributed by atoms with Crippen LogP contribution < -0.4 is 10.2 Å². The van der Waals surface area contributed by atoms with Gasteiger partial charge in [-0.25, -0.2) is 4.39 Å². The topological polar surface area (TPSA) is 69.6 Å². The van der Waals surface area contributed by atoms with E-state index in [9.17, 15) is 14.0 Å². The van der Waals surface area contributed by atoms with Gasteiger partial charge in [-0.05, 0) is 19.1 Å². The number of para-hydroxylation sites is 1. The number of anilines is 1. The summed E-state index contributed by atoms with van der Waals surface area (Å²) in [7, 11) is 0. The molecule has 6 heteroatoms. The highest BCUT2D eigenvalue weighted by atomic mass is 19.1. The first-order valence-electron chi connectivity index (χ1n) is 6.02. The molecule has 2 N–H and O–H groups in total. The van der Waals surface area contributed by atoms with Crippen LogP contribution in [0.1, 0.15) is 6.92 Å². The number of nitrogens with zero attached hydrogens (tertiary/aromatic N) is 1. The highest BCUT2D eigenvalue weighted by Gasteiger charge is 2.32. The molecule has 102 valence electrons. The van der Waals surface area contributed by atoms with E-state index in [4.69, 9.17) is 5.11 Å². The van der Waals surface area contributed by atoms with Crippen molar-refractivity contribution in [1.29, 1.82) is 0 Å². The molecule has 0 aliphatic carbocycles. The van der Waals surface area contributed by atoms with Gasteiger partial charge in [-0.15, -0.1) is 0 Å². The fourth-order valence-electron chi connectivity index (χ4n) is 2.13. The van der Waals surface area contributed by atoms with E-state index in [0.717, 1.165) is 0 Å². The second kappa shape index (κ2) is 5.26. The van der Waals surface area contributed by atoms with E-state index in [1.165, 1.54) is 11.0 Å². The zero-order valence-corrected chi connectivity index (χ0v) is 10.5. The Morgan fingerprint density at radius 1 is 1.47 bits per heavy atom. The zero-order chi connectivity index (χ0) is 14.0. The van der Waals surface area contributed by atoms with Crippen molar-refractivity contribution < 1.29 is 19.1 Å². The molecule has 2 atom stereocenters. The van der Waals surface area contributed by atoms with Crippen LogP contribution in [0.25, 0.3) is 0 Å². The highest BCUT2D eigenvalue weighted by molar-refractivity contribution is 5.86. The molecule has 5 nitrogen and oxygen atoms in total. The first-order chi connectivity index (χ1) is 9.00. The van der Waals surface area contributed by atoms with Gasteiger partial charge in [0.05, 0.1) is 11.6 Å². The number of aliphatic carboxylic acids is 1. The van der Waals surface area contributed by atoms with Crippen molar-refractivity contribution in [3.8, 4) is 0 Å². The van der Waals surface area contributed by atoms with Crippen molar-refractivity contribution >= 4 is 17.6 Å². The first-order valence-corrected chi connectivity index (χ1v) is 6.02. The Morgan fingerprint density at radius 2 is 2.16 bits per heavy atom. The lowest BCUT2D eigenvalue weighted by Gasteiger charge is -2.29. The van der Waals surface area contributed by atoms with Crippen molar-refractivity contribution in [3.63, 3.8) is 0 Å². The minimum atomic E-state index is -1.00. The smallest absolute Gasteiger partial charge is 0.310 e. The summed E-state index contributed by atoms with van der Waals surface area (Å²) in [5, 5.41) is 11.7. The number of amides is 1. The molecule has 1 aliphatic heterocycles. The molecule has 2 unspecified atom stereocenters. The van der Waals surface area contributed by atoms with Crippen molar-refractivity contribution in [2.45, 2.75) is 13.0 Å². The second-order valence-electron chi connectivity index (χ2n) is 4.56. The molecule has 0 saturated carbocycles. The molecule has 19 heavy (non-hydrogen) atoms. The molecule has 1 aromatic carbocycles. The fraction of sp³-hybridized carbons (Fsp3) is 0.385. The van der Waals surface area contributed by atoms with Crippen molar-refractivity contribution in [2.75, 3.05) is 18.0 Å². The number of benzene rings is 1. The predicted octanol–water partition coefficient (Wildman–Crippen LogP) is 0.851. The number of rotatable bonds is 2. The third-order valence-electron chi connectivity index (χ3n) is 3.30. The molecule has 0 bridgehead atoms. The number of halogens is 1. The minimum Gasteiger partial charge on any atom is -0.481 e. The lowest BCUT2D eigenvalue weighted by molar-refractivity contribution is -0.141. The Hall–Kier alpha value is -2.11. The summed E-state index contributed by atoms with van der Waals surface area (Å²) in [4.78, 5) is 24.4. The van der Waals surface area contributed by atoms with Gasteiger partial charge in [0, 0.05) is 13.1 Å². The van der Waals surface area contributed by atoms with E-state index in [-0.39, 0.29) is 24.7 Å². The van der Waals surface area contributed by atoms with E-state index in [2.05, 4.69) is 5.32 Å². The van der Waals surface area contributed by atoms with Crippen LogP contribution in [-0.4, -0.2) is 36.1 Å². The average molecular weight is 266 g/mol. The number of carbonyl (C=O) groups is 2. The third-order valence-corrected chi connectivity index (χ3v) is 3.30. The minimum absolute atomic E-state index is 0.0590. The molecule has 0 radical (unpaired) electrons. The summed E-state index contributed by atoms with van der Waals surface area (Å²) >= 11 is 0. The average Bonchev–Trinajstić information content (AvgIpc) is 2.52. The van der Waals surface area contributed by atoms with Gasteiger partial charge in [-0.3, -0.25) is 9.59 Å². The largest absolute Gasteiger partial charge is 0.481 e. The van der Waals surface area contributed by atoms with Crippen LogP contribution in [0.2, 0.25) is 0 Å². The number of hydrogen-bond donors (Lipinski definition) is 2. The number of carbonyl (C=O) groups excluding carboxylic acids is 1. The second-order valence-corrected chi connectivity index (χ2v) is 4.56. The van der Waals surface area contributed by atoms with Gasteiger partial charge in [0.15, 0.2) is 0 Å². The first kappa shape index (κ1) is 13.3. The Labute approximate surface area is 110 Å². The number of hydrogen-bond acceptors (Lipinski definition) is 3. The summed E-state index contributed by atoms with van der Waals surface area (Å²) in [5.74, 6) is -2.52. The molecule has 1 saturated heterocycles. The van der Waals surface area contributed by atoms with E-state index in [1.807, 2.05) is 0 Å². The molecule has 0 aromatic heterocycles. The van der Waals surface area contributed by atoms with Crippen molar-refractivity contribution in [2.24, 2.45) is 5.92 Å². The zero-order valence-electron chi connectivity index (χ0n) is 10.5. The Kier molecular flexibility index (Phi) is 3.69. The van der Waals surface area contributed by atoms with Gasteiger partial charge in [0.25, 0.3) is 0 Å². The van der Waals surface area contributed by atoms with Gasteiger partial charge in [-0.1, -0.05) is 12.1 Å². The van der Waals surface area contributed by atoms with Crippen LogP contribution in [0.5, 0.6) is 0 Å². The van der Waals surface area contributed by atoms with Crippen LogP contribution in [0.15, 0.2) is 24.3 Å². The van der Waals surface area contributed by atoms with E-state index >= 15 is 0 Å². The molecule has 1 fully saturated rings. The number of nitrogens with one attached hydrogen (secondary N) is 1. The van der Waals surface area contributed by atoms with Crippen LogP contribution >= 0.6 is 0 Å². The van der Waals surface area contributed by atoms with Crippen LogP contribution in [-0.2, 0) is 9.59 Å². The summed E-state index contributed by atoms with van der Waals surface area (Å²) in [6.07, 6.45) is 0. The summed E-state index contributed by atoms with van der Waals surface area (Å²) in [6, 6.07) is 5.44. The third kappa shape index (κ3) is 2.67. The monoisotopic (exact) mass is 266 g/mol. The SMILES string of the molecule is CC1C(=O)NCC(C(=O)O)CN1c1ccccc1F. The van der Waals surface area contributed by atoms with Gasteiger partial charge in [-0.2, -0.15) is 0 Å². The van der Waals surface area contributed by atoms with Crippen LogP contribution in [0.3, 0.4) is 0 Å². The quantitative estimate of drug-likeness (QED) is 0.832. The van der Waals surface area contributed by atoms with Gasteiger partial charge >= 0.3 is 5.97 Å². The Bertz CT molecular complexity index is 506. The lowest BCUT2D eigenvalue weighted by Crippen LogP contribution is -2.43. The van der Waals surface area contributed by atoms with E-state index in [0.29, 0.717) is 0 Å². The number of carboxylic acids is 1. The standard InChI is InChI=1S/C13H15FN2O3/c1-8-12(17)15-6-9(13(18)19)7-16(8)11-5-3-2-4-10(11)14/h2-5,8-9H,6-7H2,1H3,(H,15,17)(H,18,19). The molecule has 1 aliphatic rings. The van der Waals surface area contributed by atoms with Crippen molar-refractivity contribution in [1.82, 2.24) is 5.32 Å². The van der Waals surface area contributed by atoms with E-state index in [1.54, 1.807) is 25.1 Å². The molecular formula is C13H15FN2O3. The van der Waals surface area contributed by atoms with Crippen molar-refractivity contribution in [3.05, 3.63) is 30.1 Å². The summed E-state index contributed by atoms with van der Waals surface area (Å²) in [5.41, 5.74) is 0.248. The molecule has 2 rings (SSSR count). The Morgan fingerprint density at radius 3 is 2.79 bits per heavy atom. The molecule has 1 amide bonds. The van der Waals surface area contributed by atoms with Crippen LogP contribution in [0, 0.1) is 11.7 Å². The van der Waals surface area contributed by atoms with Crippen LogP contribution in [0.4, 0.5) is 10.1 Å². The van der Waals surface area contributed by atoms with Gasteiger partial charge < -0.3 is 15.3 Å². The maximum absolute atomic E-state index is 13.8. The molecule has 0 spiro atoms. The maximum atomic E-state index is 13.8. The number of carboxylic acid groups (broad SMARTS) is 1. The highest BCUT2D eigenvalue weighted by Crippen LogP contribution is 2.23. The normalized spacial score (nSPS) is 23.7. The van der Waals surface area contributed by atoms with Gasteiger partial charge in [0.2, 0.25) is 5.91 Å². The fourth-order valence-corrected chi connectivity index (χ4v) is 2.13. The maximum Gasteiger partial charge on any atom is 0.310 e. The predicted molar refractivity (Wildman–Crippen MR) is 67.3 cm³/mol. The molecule has 1 heterocycles. The lowest BCUT2D eigenvalue weighted by atomic mass is 10.1. The summed E-state index contributed by atoms with van der Waals surface area (Å²) in [6.45, 7) is 1.78. The van der Waals surface area contributed by atoms with E-state index < -0.39 is 23.7 Å². The summed E-state index contributed by atoms with van der Waals surface area (Å²) < 4.78 is 13.8. The van der Waals surface area contributed by atoms with Gasteiger partial charge in [0.1, 0.15) is 11.9 Å². The Balaban J connectivity index is 2.36. The molecular weight excluding hydrogens is 251 g/mol.